The molecule has 2 heterocycles. The molecular formula is C26H29ClN4O. The Balaban J connectivity index is 1.52. The summed E-state index contributed by atoms with van der Waals surface area (Å²) in [6.45, 7) is 5.14. The zero-order valence-corrected chi connectivity index (χ0v) is 19.3. The van der Waals surface area contributed by atoms with Gasteiger partial charge in [-0.3, -0.25) is 4.79 Å². The van der Waals surface area contributed by atoms with E-state index in [1.807, 2.05) is 50.2 Å². The SMILES string of the molecule is Cc1cc(N2CCC(Cc3ccccc3)CC2C(=O)NCc2ccc(Cl)cc2)nc(C)n1. The molecule has 0 bridgehead atoms. The summed E-state index contributed by atoms with van der Waals surface area (Å²) in [6.07, 6.45) is 2.80. The lowest BCUT2D eigenvalue weighted by Gasteiger charge is -2.39. The molecule has 2 aromatic carbocycles. The Morgan fingerprint density at radius 3 is 2.53 bits per heavy atom. The van der Waals surface area contributed by atoms with Gasteiger partial charge >= 0.3 is 0 Å². The van der Waals surface area contributed by atoms with Gasteiger partial charge in [0.1, 0.15) is 17.7 Å². The Hall–Kier alpha value is -2.92. The minimum atomic E-state index is -0.265. The lowest BCUT2D eigenvalue weighted by atomic mass is 9.85. The van der Waals surface area contributed by atoms with E-state index in [0.717, 1.165) is 48.7 Å². The molecule has 2 unspecified atom stereocenters. The van der Waals surface area contributed by atoms with Crippen molar-refractivity contribution in [2.75, 3.05) is 11.4 Å². The number of aromatic nitrogens is 2. The van der Waals surface area contributed by atoms with Crippen LogP contribution in [0, 0.1) is 19.8 Å². The number of piperidine rings is 1. The molecule has 0 spiro atoms. The number of hydrogen-bond acceptors (Lipinski definition) is 4. The van der Waals surface area contributed by atoms with E-state index in [1.165, 1.54) is 5.56 Å². The van der Waals surface area contributed by atoms with Crippen LogP contribution in [0.4, 0.5) is 5.82 Å². The average Bonchev–Trinajstić information content (AvgIpc) is 2.78. The van der Waals surface area contributed by atoms with Gasteiger partial charge in [-0.15, -0.1) is 0 Å². The van der Waals surface area contributed by atoms with Crippen molar-refractivity contribution in [3.8, 4) is 0 Å². The molecule has 1 aromatic heterocycles. The lowest BCUT2D eigenvalue weighted by molar-refractivity contribution is -0.123. The van der Waals surface area contributed by atoms with Crippen molar-refractivity contribution < 1.29 is 4.79 Å². The quantitative estimate of drug-likeness (QED) is 0.583. The molecule has 1 fully saturated rings. The molecule has 0 radical (unpaired) electrons. The number of anilines is 1. The standard InChI is InChI=1S/C26H29ClN4O/c1-18-14-25(30-19(2)29-18)31-13-12-22(15-20-6-4-3-5-7-20)16-24(31)26(32)28-17-21-8-10-23(27)11-9-21/h3-11,14,22,24H,12-13,15-17H2,1-2H3,(H,28,32). The molecule has 1 aliphatic rings. The fourth-order valence-corrected chi connectivity index (χ4v) is 4.57. The first-order valence-electron chi connectivity index (χ1n) is 11.1. The normalized spacial score (nSPS) is 18.4. The topological polar surface area (TPSA) is 58.1 Å². The van der Waals surface area contributed by atoms with Crippen molar-refractivity contribution in [3.05, 3.63) is 88.3 Å². The molecule has 32 heavy (non-hydrogen) atoms. The average molecular weight is 449 g/mol. The van der Waals surface area contributed by atoms with Crippen LogP contribution in [0.2, 0.25) is 5.02 Å². The second-order valence-electron chi connectivity index (χ2n) is 8.55. The number of amides is 1. The minimum absolute atomic E-state index is 0.0339. The van der Waals surface area contributed by atoms with Crippen LogP contribution in [0.1, 0.15) is 35.5 Å². The summed E-state index contributed by atoms with van der Waals surface area (Å²) in [5.74, 6) is 2.04. The number of hydrogen-bond donors (Lipinski definition) is 1. The molecule has 2 atom stereocenters. The van der Waals surface area contributed by atoms with Gasteiger partial charge in [0.2, 0.25) is 5.91 Å². The van der Waals surface area contributed by atoms with E-state index in [2.05, 4.69) is 44.5 Å². The summed E-state index contributed by atoms with van der Waals surface area (Å²) < 4.78 is 0. The molecule has 4 rings (SSSR count). The van der Waals surface area contributed by atoms with Gasteiger partial charge < -0.3 is 10.2 Å². The van der Waals surface area contributed by atoms with Crippen molar-refractivity contribution in [2.45, 2.75) is 45.7 Å². The van der Waals surface area contributed by atoms with Crippen molar-refractivity contribution >= 4 is 23.3 Å². The van der Waals surface area contributed by atoms with E-state index in [9.17, 15) is 4.79 Å². The number of aryl methyl sites for hydroxylation is 2. The highest BCUT2D eigenvalue weighted by Gasteiger charge is 2.34. The Morgan fingerprint density at radius 1 is 1.06 bits per heavy atom. The smallest absolute Gasteiger partial charge is 0.243 e. The summed E-state index contributed by atoms with van der Waals surface area (Å²) in [7, 11) is 0. The van der Waals surface area contributed by atoms with E-state index in [-0.39, 0.29) is 11.9 Å². The second kappa shape index (κ2) is 10.1. The zero-order chi connectivity index (χ0) is 22.5. The monoisotopic (exact) mass is 448 g/mol. The van der Waals surface area contributed by atoms with E-state index >= 15 is 0 Å². The predicted molar refractivity (Wildman–Crippen MR) is 129 cm³/mol. The summed E-state index contributed by atoms with van der Waals surface area (Å²) in [5, 5.41) is 3.83. The Labute approximate surface area is 194 Å². The number of nitrogens with one attached hydrogen (secondary N) is 1. The van der Waals surface area contributed by atoms with E-state index in [1.54, 1.807) is 0 Å². The van der Waals surface area contributed by atoms with E-state index in [4.69, 9.17) is 11.6 Å². The van der Waals surface area contributed by atoms with Crippen LogP contribution in [-0.4, -0.2) is 28.5 Å². The zero-order valence-electron chi connectivity index (χ0n) is 18.6. The van der Waals surface area contributed by atoms with Crippen LogP contribution in [0.25, 0.3) is 0 Å². The van der Waals surface area contributed by atoms with Crippen molar-refractivity contribution in [1.29, 1.82) is 0 Å². The van der Waals surface area contributed by atoms with E-state index < -0.39 is 0 Å². The Morgan fingerprint density at radius 2 is 1.81 bits per heavy atom. The number of benzene rings is 2. The Bertz CT molecular complexity index is 1030. The summed E-state index contributed by atoms with van der Waals surface area (Å²) in [5.41, 5.74) is 3.26. The van der Waals surface area contributed by atoms with E-state index in [0.29, 0.717) is 17.5 Å². The van der Waals surface area contributed by atoms with Gasteiger partial charge in [-0.2, -0.15) is 0 Å². The maximum Gasteiger partial charge on any atom is 0.243 e. The first-order valence-corrected chi connectivity index (χ1v) is 11.5. The predicted octanol–water partition coefficient (Wildman–Crippen LogP) is 4.89. The van der Waals surface area contributed by atoms with Gasteiger partial charge in [0, 0.05) is 29.9 Å². The largest absolute Gasteiger partial charge is 0.350 e. The molecule has 1 aliphatic heterocycles. The fraction of sp³-hybridized carbons (Fsp3) is 0.346. The van der Waals surface area contributed by atoms with Crippen LogP contribution >= 0.6 is 11.6 Å². The molecule has 6 heteroatoms. The highest BCUT2D eigenvalue weighted by molar-refractivity contribution is 6.30. The molecule has 1 amide bonds. The number of rotatable bonds is 6. The van der Waals surface area contributed by atoms with Gasteiger partial charge in [-0.05, 0) is 62.3 Å². The number of nitrogens with zero attached hydrogens (tertiary/aromatic N) is 3. The van der Waals surface area contributed by atoms with Gasteiger partial charge in [-0.1, -0.05) is 54.1 Å². The molecule has 0 aliphatic carbocycles. The second-order valence-corrected chi connectivity index (χ2v) is 8.98. The summed E-state index contributed by atoms with van der Waals surface area (Å²) in [4.78, 5) is 24.6. The van der Waals surface area contributed by atoms with Gasteiger partial charge in [0.25, 0.3) is 0 Å². The molecule has 3 aromatic rings. The van der Waals surface area contributed by atoms with Crippen molar-refractivity contribution in [1.82, 2.24) is 15.3 Å². The lowest BCUT2D eigenvalue weighted by Crippen LogP contribution is -2.52. The first-order chi connectivity index (χ1) is 15.5. The minimum Gasteiger partial charge on any atom is -0.350 e. The van der Waals surface area contributed by atoms with Gasteiger partial charge in [0.15, 0.2) is 0 Å². The summed E-state index contributed by atoms with van der Waals surface area (Å²) in [6, 6.07) is 19.8. The highest BCUT2D eigenvalue weighted by atomic mass is 35.5. The van der Waals surface area contributed by atoms with Crippen molar-refractivity contribution in [2.24, 2.45) is 5.92 Å². The van der Waals surface area contributed by atoms with Crippen LogP contribution < -0.4 is 10.2 Å². The maximum absolute atomic E-state index is 13.4. The van der Waals surface area contributed by atoms with Gasteiger partial charge in [0.05, 0.1) is 0 Å². The van der Waals surface area contributed by atoms with Gasteiger partial charge in [-0.25, -0.2) is 9.97 Å². The van der Waals surface area contributed by atoms with Crippen LogP contribution in [0.15, 0.2) is 60.7 Å². The maximum atomic E-state index is 13.4. The number of halogens is 1. The fourth-order valence-electron chi connectivity index (χ4n) is 4.45. The molecule has 1 saturated heterocycles. The summed E-state index contributed by atoms with van der Waals surface area (Å²) >= 11 is 5.99. The third-order valence-corrected chi connectivity index (χ3v) is 6.26. The molecule has 166 valence electrons. The number of carbonyl (C=O) groups is 1. The van der Waals surface area contributed by atoms with Crippen molar-refractivity contribution in [3.63, 3.8) is 0 Å². The molecule has 5 nitrogen and oxygen atoms in total. The van der Waals surface area contributed by atoms with Crippen LogP contribution in [-0.2, 0) is 17.8 Å². The van der Waals surface area contributed by atoms with Crippen LogP contribution in [0.5, 0.6) is 0 Å². The third kappa shape index (κ3) is 5.65. The molecule has 1 N–H and O–H groups in total. The van der Waals surface area contributed by atoms with Crippen LogP contribution in [0.3, 0.4) is 0 Å². The highest BCUT2D eigenvalue weighted by Crippen LogP contribution is 2.30. The first kappa shape index (κ1) is 22.3. The molecular weight excluding hydrogens is 420 g/mol. The number of carbonyl (C=O) groups excluding carboxylic acids is 1. The Kier molecular flexibility index (Phi) is 7.05. The third-order valence-electron chi connectivity index (χ3n) is 6.01. The molecule has 0 saturated carbocycles.